The molecular weight excluding hydrogens is 224 g/mol. The Morgan fingerprint density at radius 2 is 2.00 bits per heavy atom. The minimum Gasteiger partial charge on any atom is -0.386 e. The second-order valence-corrected chi connectivity index (χ2v) is 4.16. The fourth-order valence-corrected chi connectivity index (χ4v) is 1.79. The molecule has 0 aliphatic heterocycles. The zero-order chi connectivity index (χ0) is 11.5. The van der Waals surface area contributed by atoms with Gasteiger partial charge in [-0.2, -0.15) is 5.10 Å². The van der Waals surface area contributed by atoms with Crippen LogP contribution in [0.5, 0.6) is 0 Å². The molecule has 2 rings (SSSR count). The molecule has 0 fully saturated rings. The summed E-state index contributed by atoms with van der Waals surface area (Å²) in [7, 11) is 1.82. The van der Waals surface area contributed by atoms with Crippen molar-refractivity contribution in [2.45, 2.75) is 12.5 Å². The van der Waals surface area contributed by atoms with Crippen molar-refractivity contribution in [1.29, 1.82) is 0 Å². The van der Waals surface area contributed by atoms with E-state index in [0.29, 0.717) is 11.4 Å². The third kappa shape index (κ3) is 2.43. The molecule has 1 aromatic heterocycles. The van der Waals surface area contributed by atoms with Crippen molar-refractivity contribution in [3.63, 3.8) is 0 Å². The van der Waals surface area contributed by atoms with Crippen molar-refractivity contribution in [2.75, 3.05) is 0 Å². The van der Waals surface area contributed by atoms with Gasteiger partial charge in [0.2, 0.25) is 0 Å². The van der Waals surface area contributed by atoms with Crippen LogP contribution in [-0.2, 0) is 13.5 Å². The summed E-state index contributed by atoms with van der Waals surface area (Å²) in [5.74, 6) is 0. The van der Waals surface area contributed by atoms with Gasteiger partial charge < -0.3 is 5.11 Å². The number of benzene rings is 1. The number of hydrogen-bond donors (Lipinski definition) is 1. The van der Waals surface area contributed by atoms with Crippen molar-refractivity contribution in [3.05, 3.63) is 52.8 Å². The van der Waals surface area contributed by atoms with Gasteiger partial charge in [0.05, 0.1) is 11.8 Å². The SMILES string of the molecule is Cn1nccc1C(O)Cc1ccc(Cl)cc1. The molecule has 0 aliphatic rings. The Labute approximate surface area is 99.3 Å². The summed E-state index contributed by atoms with van der Waals surface area (Å²) in [5, 5.41) is 14.8. The molecule has 1 N–H and O–H groups in total. The highest BCUT2D eigenvalue weighted by atomic mass is 35.5. The maximum atomic E-state index is 10.0. The summed E-state index contributed by atoms with van der Waals surface area (Å²) in [4.78, 5) is 0. The Kier molecular flexibility index (Phi) is 3.27. The van der Waals surface area contributed by atoms with Gasteiger partial charge in [-0.15, -0.1) is 0 Å². The van der Waals surface area contributed by atoms with E-state index < -0.39 is 6.10 Å². The van der Waals surface area contributed by atoms with Gasteiger partial charge in [0.1, 0.15) is 0 Å². The molecule has 2 aromatic rings. The van der Waals surface area contributed by atoms with Gasteiger partial charge >= 0.3 is 0 Å². The Morgan fingerprint density at radius 3 is 2.56 bits per heavy atom. The van der Waals surface area contributed by atoms with Gasteiger partial charge in [-0.25, -0.2) is 0 Å². The molecule has 1 unspecified atom stereocenters. The molecule has 4 heteroatoms. The quantitative estimate of drug-likeness (QED) is 0.889. The number of aromatic nitrogens is 2. The number of aliphatic hydroxyl groups is 1. The van der Waals surface area contributed by atoms with E-state index in [9.17, 15) is 5.11 Å². The topological polar surface area (TPSA) is 38.0 Å². The molecule has 1 aromatic carbocycles. The van der Waals surface area contributed by atoms with Crippen molar-refractivity contribution < 1.29 is 5.11 Å². The fraction of sp³-hybridized carbons (Fsp3) is 0.250. The van der Waals surface area contributed by atoms with Gasteiger partial charge in [-0.1, -0.05) is 23.7 Å². The standard InChI is InChI=1S/C12H13ClN2O/c1-15-11(6-7-14-15)12(16)8-9-2-4-10(13)5-3-9/h2-7,12,16H,8H2,1H3. The van der Waals surface area contributed by atoms with Gasteiger partial charge in [0.15, 0.2) is 0 Å². The minimum atomic E-state index is -0.534. The first-order valence-electron chi connectivity index (χ1n) is 5.07. The fourth-order valence-electron chi connectivity index (χ4n) is 1.66. The minimum absolute atomic E-state index is 0.534. The lowest BCUT2D eigenvalue weighted by atomic mass is 10.1. The lowest BCUT2D eigenvalue weighted by Crippen LogP contribution is -2.07. The first-order chi connectivity index (χ1) is 7.66. The molecule has 0 saturated carbocycles. The van der Waals surface area contributed by atoms with Crippen LogP contribution in [0.15, 0.2) is 36.5 Å². The molecule has 3 nitrogen and oxygen atoms in total. The maximum Gasteiger partial charge on any atom is 0.0996 e. The van der Waals surface area contributed by atoms with Crippen molar-refractivity contribution in [2.24, 2.45) is 7.05 Å². The van der Waals surface area contributed by atoms with Crippen LogP contribution in [0.1, 0.15) is 17.4 Å². The van der Waals surface area contributed by atoms with E-state index in [4.69, 9.17) is 11.6 Å². The third-order valence-electron chi connectivity index (χ3n) is 2.54. The maximum absolute atomic E-state index is 10.0. The van der Waals surface area contributed by atoms with Gasteiger partial charge in [-0.05, 0) is 23.8 Å². The largest absolute Gasteiger partial charge is 0.386 e. The number of nitrogens with zero attached hydrogens (tertiary/aromatic N) is 2. The number of hydrogen-bond acceptors (Lipinski definition) is 2. The molecule has 84 valence electrons. The lowest BCUT2D eigenvalue weighted by molar-refractivity contribution is 0.168. The van der Waals surface area contributed by atoms with Crippen molar-refractivity contribution in [3.8, 4) is 0 Å². The van der Waals surface area contributed by atoms with Crippen molar-refractivity contribution >= 4 is 11.6 Å². The normalized spacial score (nSPS) is 12.7. The molecule has 16 heavy (non-hydrogen) atoms. The second kappa shape index (κ2) is 4.68. The summed E-state index contributed by atoms with van der Waals surface area (Å²) >= 11 is 5.80. The van der Waals surface area contributed by atoms with Crippen LogP contribution in [-0.4, -0.2) is 14.9 Å². The van der Waals surface area contributed by atoms with E-state index in [1.165, 1.54) is 0 Å². The number of aliphatic hydroxyl groups excluding tert-OH is 1. The summed E-state index contributed by atoms with van der Waals surface area (Å²) in [6.45, 7) is 0. The van der Waals surface area contributed by atoms with Crippen molar-refractivity contribution in [1.82, 2.24) is 9.78 Å². The smallest absolute Gasteiger partial charge is 0.0996 e. The predicted molar refractivity (Wildman–Crippen MR) is 63.3 cm³/mol. The molecule has 0 spiro atoms. The van der Waals surface area contributed by atoms with E-state index in [0.717, 1.165) is 11.3 Å². The van der Waals surface area contributed by atoms with E-state index in [1.54, 1.807) is 10.9 Å². The first kappa shape index (κ1) is 11.2. The number of aryl methyl sites for hydroxylation is 1. The van der Waals surface area contributed by atoms with Gasteiger partial charge in [0, 0.05) is 24.7 Å². The molecule has 0 radical (unpaired) electrons. The molecule has 0 amide bonds. The Hall–Kier alpha value is -1.32. The van der Waals surface area contributed by atoms with Crippen LogP contribution in [0.25, 0.3) is 0 Å². The monoisotopic (exact) mass is 236 g/mol. The van der Waals surface area contributed by atoms with Gasteiger partial charge in [-0.3, -0.25) is 4.68 Å². The molecule has 0 bridgehead atoms. The highest BCUT2D eigenvalue weighted by Gasteiger charge is 2.11. The van der Waals surface area contributed by atoms with Crippen LogP contribution < -0.4 is 0 Å². The predicted octanol–water partition coefficient (Wildman–Crippen LogP) is 2.35. The van der Waals surface area contributed by atoms with Crippen LogP contribution in [0.3, 0.4) is 0 Å². The average molecular weight is 237 g/mol. The zero-order valence-electron chi connectivity index (χ0n) is 8.97. The highest BCUT2D eigenvalue weighted by Crippen LogP contribution is 2.18. The third-order valence-corrected chi connectivity index (χ3v) is 2.79. The number of halogens is 1. The summed E-state index contributed by atoms with van der Waals surface area (Å²) in [6.07, 6.45) is 1.71. The summed E-state index contributed by atoms with van der Waals surface area (Å²) < 4.78 is 1.68. The first-order valence-corrected chi connectivity index (χ1v) is 5.45. The molecule has 1 atom stereocenters. The zero-order valence-corrected chi connectivity index (χ0v) is 9.72. The van der Waals surface area contributed by atoms with Crippen LogP contribution in [0, 0.1) is 0 Å². The van der Waals surface area contributed by atoms with Crippen LogP contribution in [0.2, 0.25) is 5.02 Å². The second-order valence-electron chi connectivity index (χ2n) is 3.73. The van der Waals surface area contributed by atoms with E-state index >= 15 is 0 Å². The van der Waals surface area contributed by atoms with Crippen LogP contribution in [0.4, 0.5) is 0 Å². The molecule has 1 heterocycles. The van der Waals surface area contributed by atoms with E-state index in [1.807, 2.05) is 37.4 Å². The Morgan fingerprint density at radius 1 is 1.31 bits per heavy atom. The summed E-state index contributed by atoms with van der Waals surface area (Å²) in [6, 6.07) is 9.31. The highest BCUT2D eigenvalue weighted by molar-refractivity contribution is 6.30. The average Bonchev–Trinajstić information content (AvgIpc) is 2.68. The Bertz CT molecular complexity index is 464. The van der Waals surface area contributed by atoms with Gasteiger partial charge in [0.25, 0.3) is 0 Å². The molecule has 0 aliphatic carbocycles. The van der Waals surface area contributed by atoms with E-state index in [2.05, 4.69) is 5.10 Å². The lowest BCUT2D eigenvalue weighted by Gasteiger charge is -2.10. The number of rotatable bonds is 3. The van der Waals surface area contributed by atoms with E-state index in [-0.39, 0.29) is 0 Å². The summed E-state index contributed by atoms with van der Waals surface area (Å²) in [5.41, 5.74) is 1.87. The molecule has 0 saturated heterocycles. The Balaban J connectivity index is 2.10. The van der Waals surface area contributed by atoms with Crippen LogP contribution >= 0.6 is 11.6 Å². The molecular formula is C12H13ClN2O.